The molecule has 4 nitrogen and oxygen atoms in total. The maximum atomic E-state index is 11.7. The predicted molar refractivity (Wildman–Crippen MR) is 90.3 cm³/mol. The molecule has 0 bridgehead atoms. The molecular formula is C17H22N2O2S. The number of hydrogen-bond acceptors (Lipinski definition) is 4. The Morgan fingerprint density at radius 3 is 2.68 bits per heavy atom. The number of thiazole rings is 1. The van der Waals surface area contributed by atoms with Gasteiger partial charge >= 0.3 is 0 Å². The van der Waals surface area contributed by atoms with Crippen LogP contribution in [0.2, 0.25) is 0 Å². The third kappa shape index (κ3) is 4.84. The lowest BCUT2D eigenvalue weighted by atomic mass is 10.2. The van der Waals surface area contributed by atoms with E-state index in [0.29, 0.717) is 18.8 Å². The van der Waals surface area contributed by atoms with Crippen molar-refractivity contribution in [2.45, 2.75) is 26.7 Å². The van der Waals surface area contributed by atoms with Gasteiger partial charge < -0.3 is 10.1 Å². The summed E-state index contributed by atoms with van der Waals surface area (Å²) in [6, 6.07) is 7.85. The number of nitrogens with one attached hydrogen (secondary N) is 1. The van der Waals surface area contributed by atoms with Gasteiger partial charge in [0.2, 0.25) is 5.91 Å². The summed E-state index contributed by atoms with van der Waals surface area (Å²) in [6.45, 7) is 4.90. The number of carbonyl (C=O) groups is 1. The lowest BCUT2D eigenvalue weighted by molar-refractivity contribution is -0.121. The Hall–Kier alpha value is -1.88. The molecule has 118 valence electrons. The van der Waals surface area contributed by atoms with Gasteiger partial charge in [-0.25, -0.2) is 4.98 Å². The van der Waals surface area contributed by atoms with Crippen molar-refractivity contribution < 1.29 is 9.53 Å². The molecule has 0 saturated heterocycles. The number of benzene rings is 1. The fourth-order valence-corrected chi connectivity index (χ4v) is 2.80. The summed E-state index contributed by atoms with van der Waals surface area (Å²) in [5.74, 6) is 1.40. The third-order valence-electron chi connectivity index (χ3n) is 3.20. The normalized spacial score (nSPS) is 10.7. The van der Waals surface area contributed by atoms with E-state index in [2.05, 4.69) is 24.1 Å². The number of methoxy groups -OCH3 is 1. The third-order valence-corrected chi connectivity index (χ3v) is 4.14. The number of amides is 1. The highest BCUT2D eigenvalue weighted by atomic mass is 32.1. The van der Waals surface area contributed by atoms with Crippen LogP contribution in [0.5, 0.6) is 5.75 Å². The van der Waals surface area contributed by atoms with Crippen LogP contribution in [0.4, 0.5) is 0 Å². The zero-order valence-corrected chi connectivity index (χ0v) is 14.1. The maximum Gasteiger partial charge on any atom is 0.220 e. The molecule has 1 N–H and O–H groups in total. The van der Waals surface area contributed by atoms with Gasteiger partial charge in [-0.2, -0.15) is 0 Å². The molecular weight excluding hydrogens is 296 g/mol. The van der Waals surface area contributed by atoms with Gasteiger partial charge in [0.05, 0.1) is 12.8 Å². The lowest BCUT2D eigenvalue weighted by Crippen LogP contribution is -2.27. The van der Waals surface area contributed by atoms with Crippen molar-refractivity contribution in [3.63, 3.8) is 0 Å². The summed E-state index contributed by atoms with van der Waals surface area (Å²) in [5, 5.41) is 5.92. The molecule has 1 heterocycles. The average Bonchev–Trinajstić information content (AvgIpc) is 3.00. The molecule has 0 aliphatic rings. The van der Waals surface area contributed by atoms with E-state index in [0.717, 1.165) is 28.6 Å². The summed E-state index contributed by atoms with van der Waals surface area (Å²) in [5.41, 5.74) is 2.04. The van der Waals surface area contributed by atoms with Crippen molar-refractivity contribution in [3.05, 3.63) is 35.3 Å². The fourth-order valence-electron chi connectivity index (χ4n) is 1.94. The van der Waals surface area contributed by atoms with Crippen LogP contribution in [0.1, 0.15) is 26.0 Å². The molecule has 0 atom stereocenters. The molecule has 0 saturated carbocycles. The molecule has 1 amide bonds. The van der Waals surface area contributed by atoms with E-state index < -0.39 is 0 Å². The summed E-state index contributed by atoms with van der Waals surface area (Å²) in [7, 11) is 1.65. The lowest BCUT2D eigenvalue weighted by Gasteiger charge is -2.06. The second-order valence-corrected chi connectivity index (χ2v) is 6.43. The van der Waals surface area contributed by atoms with E-state index in [1.807, 2.05) is 29.6 Å². The van der Waals surface area contributed by atoms with Crippen LogP contribution in [0.3, 0.4) is 0 Å². The quantitative estimate of drug-likeness (QED) is 0.850. The van der Waals surface area contributed by atoms with E-state index in [4.69, 9.17) is 4.74 Å². The number of hydrogen-bond donors (Lipinski definition) is 1. The zero-order valence-electron chi connectivity index (χ0n) is 13.3. The first-order valence-corrected chi connectivity index (χ1v) is 8.32. The first-order chi connectivity index (χ1) is 10.6. The zero-order chi connectivity index (χ0) is 15.9. The van der Waals surface area contributed by atoms with E-state index in [1.165, 1.54) is 0 Å². The second kappa shape index (κ2) is 7.94. The predicted octanol–water partition coefficient (Wildman–Crippen LogP) is 3.52. The molecule has 2 rings (SSSR count). The standard InChI is InChI=1S/C17H22N2O2S/c1-12(2)10-18-16(20)9-6-14-11-22-17(19-14)13-4-7-15(21-3)8-5-13/h4-5,7-8,11-12H,6,9-10H2,1-3H3,(H,18,20). The highest BCUT2D eigenvalue weighted by molar-refractivity contribution is 7.13. The SMILES string of the molecule is COc1ccc(-c2nc(CCC(=O)NCC(C)C)cs2)cc1. The fraction of sp³-hybridized carbons (Fsp3) is 0.412. The van der Waals surface area contributed by atoms with Crippen molar-refractivity contribution >= 4 is 17.2 Å². The van der Waals surface area contributed by atoms with E-state index in [1.54, 1.807) is 18.4 Å². The Bertz CT molecular complexity index is 605. The second-order valence-electron chi connectivity index (χ2n) is 5.57. The molecule has 2 aromatic rings. The molecule has 0 aliphatic carbocycles. The van der Waals surface area contributed by atoms with Gasteiger partial charge in [-0.05, 0) is 36.6 Å². The molecule has 0 unspecified atom stereocenters. The van der Waals surface area contributed by atoms with Gasteiger partial charge in [-0.1, -0.05) is 13.8 Å². The Balaban J connectivity index is 1.89. The minimum Gasteiger partial charge on any atom is -0.497 e. The Morgan fingerprint density at radius 1 is 1.32 bits per heavy atom. The van der Waals surface area contributed by atoms with Crippen LogP contribution < -0.4 is 10.1 Å². The molecule has 1 aromatic carbocycles. The van der Waals surface area contributed by atoms with Gasteiger partial charge in [0.1, 0.15) is 10.8 Å². The molecule has 5 heteroatoms. The Kier molecular flexibility index (Phi) is 5.95. The van der Waals surface area contributed by atoms with E-state index in [-0.39, 0.29) is 5.91 Å². The van der Waals surface area contributed by atoms with Crippen molar-refractivity contribution in [1.82, 2.24) is 10.3 Å². The van der Waals surface area contributed by atoms with Crippen LogP contribution in [0.25, 0.3) is 10.6 Å². The number of carbonyl (C=O) groups excluding carboxylic acids is 1. The largest absolute Gasteiger partial charge is 0.497 e. The molecule has 0 radical (unpaired) electrons. The molecule has 0 aliphatic heterocycles. The summed E-state index contributed by atoms with van der Waals surface area (Å²) in [6.07, 6.45) is 1.16. The van der Waals surface area contributed by atoms with E-state index in [9.17, 15) is 4.79 Å². The van der Waals surface area contributed by atoms with Gasteiger partial charge in [-0.3, -0.25) is 4.79 Å². The molecule has 22 heavy (non-hydrogen) atoms. The number of ether oxygens (including phenoxy) is 1. The van der Waals surface area contributed by atoms with Gasteiger partial charge in [-0.15, -0.1) is 11.3 Å². The number of aryl methyl sites for hydroxylation is 1. The first kappa shape index (κ1) is 16.5. The number of nitrogens with zero attached hydrogens (tertiary/aromatic N) is 1. The highest BCUT2D eigenvalue weighted by Crippen LogP contribution is 2.26. The van der Waals surface area contributed by atoms with Crippen LogP contribution in [-0.4, -0.2) is 24.5 Å². The Morgan fingerprint density at radius 2 is 2.05 bits per heavy atom. The molecule has 0 spiro atoms. The average molecular weight is 318 g/mol. The number of rotatable bonds is 7. The highest BCUT2D eigenvalue weighted by Gasteiger charge is 2.08. The Labute approximate surface area is 135 Å². The van der Waals surface area contributed by atoms with Crippen LogP contribution in [0.15, 0.2) is 29.6 Å². The first-order valence-electron chi connectivity index (χ1n) is 7.44. The van der Waals surface area contributed by atoms with Gasteiger partial charge in [0, 0.05) is 23.9 Å². The topological polar surface area (TPSA) is 51.2 Å². The van der Waals surface area contributed by atoms with Gasteiger partial charge in [0.15, 0.2) is 0 Å². The van der Waals surface area contributed by atoms with Crippen LogP contribution in [-0.2, 0) is 11.2 Å². The van der Waals surface area contributed by atoms with Gasteiger partial charge in [0.25, 0.3) is 0 Å². The summed E-state index contributed by atoms with van der Waals surface area (Å²) < 4.78 is 5.15. The van der Waals surface area contributed by atoms with Crippen molar-refractivity contribution in [1.29, 1.82) is 0 Å². The summed E-state index contributed by atoms with van der Waals surface area (Å²) >= 11 is 1.60. The number of aromatic nitrogens is 1. The monoisotopic (exact) mass is 318 g/mol. The van der Waals surface area contributed by atoms with Crippen molar-refractivity contribution in [3.8, 4) is 16.3 Å². The maximum absolute atomic E-state index is 11.7. The van der Waals surface area contributed by atoms with Crippen molar-refractivity contribution in [2.24, 2.45) is 5.92 Å². The molecule has 0 fully saturated rings. The van der Waals surface area contributed by atoms with E-state index >= 15 is 0 Å². The van der Waals surface area contributed by atoms with Crippen LogP contribution in [0, 0.1) is 5.92 Å². The van der Waals surface area contributed by atoms with Crippen LogP contribution >= 0.6 is 11.3 Å². The molecule has 1 aromatic heterocycles. The summed E-state index contributed by atoms with van der Waals surface area (Å²) in [4.78, 5) is 16.3. The smallest absolute Gasteiger partial charge is 0.220 e. The minimum atomic E-state index is 0.0905. The minimum absolute atomic E-state index is 0.0905. The van der Waals surface area contributed by atoms with Crippen molar-refractivity contribution in [2.75, 3.05) is 13.7 Å².